The van der Waals surface area contributed by atoms with E-state index < -0.39 is 5.97 Å². The number of carbonyl (C=O) groups is 2. The lowest BCUT2D eigenvalue weighted by Gasteiger charge is -2.03. The predicted octanol–water partition coefficient (Wildman–Crippen LogP) is -0.101. The first-order valence-electron chi connectivity index (χ1n) is 5.38. The molecule has 7 nitrogen and oxygen atoms in total. The van der Waals surface area contributed by atoms with E-state index in [2.05, 4.69) is 15.6 Å². The summed E-state index contributed by atoms with van der Waals surface area (Å²) in [5, 5.41) is 10.1. The largest absolute Gasteiger partial charge is 0.461 e. The highest BCUT2D eigenvalue weighted by atomic mass is 16.5. The second kappa shape index (κ2) is 5.97. The first-order valence-corrected chi connectivity index (χ1v) is 5.38. The van der Waals surface area contributed by atoms with Crippen molar-refractivity contribution < 1.29 is 14.3 Å². The van der Waals surface area contributed by atoms with Gasteiger partial charge in [0, 0.05) is 13.5 Å². The Morgan fingerprint density at radius 2 is 2.18 bits per heavy atom. The number of carbonyl (C=O) groups excluding carboxylic acids is 2. The smallest absolute Gasteiger partial charge is 0.360 e. The van der Waals surface area contributed by atoms with Gasteiger partial charge in [-0.1, -0.05) is 5.21 Å². The Hall–Kier alpha value is -1.92. The van der Waals surface area contributed by atoms with Crippen molar-refractivity contribution in [1.29, 1.82) is 0 Å². The van der Waals surface area contributed by atoms with Crippen LogP contribution in [0, 0.1) is 6.92 Å². The maximum absolute atomic E-state index is 11.5. The fourth-order valence-corrected chi connectivity index (χ4v) is 1.29. The standard InChI is InChI=1S/C10H16N4O3/c1-4-17-10(16)9-7(2)14(13-12-9)6-5-8(15)11-3/h4-6H2,1-3H3,(H,11,15). The molecule has 94 valence electrons. The maximum Gasteiger partial charge on any atom is 0.360 e. The molecular formula is C10H16N4O3. The molecule has 0 aliphatic heterocycles. The van der Waals surface area contributed by atoms with Gasteiger partial charge in [-0.2, -0.15) is 0 Å². The van der Waals surface area contributed by atoms with Gasteiger partial charge in [0.15, 0.2) is 5.69 Å². The van der Waals surface area contributed by atoms with Gasteiger partial charge in [-0.15, -0.1) is 5.10 Å². The second-order valence-electron chi connectivity index (χ2n) is 3.39. The van der Waals surface area contributed by atoms with Crippen LogP contribution in [0.25, 0.3) is 0 Å². The molecule has 7 heteroatoms. The van der Waals surface area contributed by atoms with E-state index in [4.69, 9.17) is 4.74 Å². The number of hydrogen-bond donors (Lipinski definition) is 1. The molecule has 0 atom stereocenters. The summed E-state index contributed by atoms with van der Waals surface area (Å²) in [6.45, 7) is 4.13. The molecule has 0 spiro atoms. The zero-order valence-corrected chi connectivity index (χ0v) is 10.2. The summed E-state index contributed by atoms with van der Waals surface area (Å²) in [6, 6.07) is 0. The van der Waals surface area contributed by atoms with Crippen LogP contribution < -0.4 is 5.32 Å². The quantitative estimate of drug-likeness (QED) is 0.726. The van der Waals surface area contributed by atoms with Crippen LogP contribution >= 0.6 is 0 Å². The molecule has 1 rings (SSSR count). The van der Waals surface area contributed by atoms with E-state index in [9.17, 15) is 9.59 Å². The number of ether oxygens (including phenoxy) is 1. The molecule has 0 aliphatic carbocycles. The number of esters is 1. The highest BCUT2D eigenvalue weighted by Crippen LogP contribution is 2.06. The molecule has 1 aromatic rings. The number of aromatic nitrogens is 3. The average molecular weight is 240 g/mol. The normalized spacial score (nSPS) is 10.1. The lowest BCUT2D eigenvalue weighted by molar-refractivity contribution is -0.120. The van der Waals surface area contributed by atoms with Crippen LogP contribution in [0.5, 0.6) is 0 Å². The van der Waals surface area contributed by atoms with Crippen molar-refractivity contribution in [2.24, 2.45) is 0 Å². The molecule has 1 aromatic heterocycles. The molecule has 1 heterocycles. The van der Waals surface area contributed by atoms with E-state index in [1.807, 2.05) is 0 Å². The highest BCUT2D eigenvalue weighted by Gasteiger charge is 2.17. The summed E-state index contributed by atoms with van der Waals surface area (Å²) in [7, 11) is 1.57. The minimum Gasteiger partial charge on any atom is -0.461 e. The Labute approximate surface area is 99.1 Å². The summed E-state index contributed by atoms with van der Waals surface area (Å²) in [5.41, 5.74) is 0.802. The zero-order chi connectivity index (χ0) is 12.8. The number of hydrogen-bond acceptors (Lipinski definition) is 5. The van der Waals surface area contributed by atoms with Gasteiger partial charge in [-0.25, -0.2) is 9.48 Å². The molecule has 1 N–H and O–H groups in total. The van der Waals surface area contributed by atoms with Crippen molar-refractivity contribution in [3.63, 3.8) is 0 Å². The van der Waals surface area contributed by atoms with Gasteiger partial charge in [-0.3, -0.25) is 4.79 Å². The minimum atomic E-state index is -0.490. The second-order valence-corrected chi connectivity index (χ2v) is 3.39. The van der Waals surface area contributed by atoms with Gasteiger partial charge >= 0.3 is 5.97 Å². The van der Waals surface area contributed by atoms with E-state index in [-0.39, 0.29) is 11.6 Å². The van der Waals surface area contributed by atoms with Crippen LogP contribution in [0.3, 0.4) is 0 Å². The lowest BCUT2D eigenvalue weighted by atomic mass is 10.3. The monoisotopic (exact) mass is 240 g/mol. The molecule has 0 saturated carbocycles. The van der Waals surface area contributed by atoms with Crippen molar-refractivity contribution in [3.8, 4) is 0 Å². The van der Waals surface area contributed by atoms with E-state index >= 15 is 0 Å². The molecule has 0 fully saturated rings. The van der Waals surface area contributed by atoms with Gasteiger partial charge in [0.1, 0.15) is 0 Å². The summed E-state index contributed by atoms with van der Waals surface area (Å²) in [6.07, 6.45) is 0.295. The van der Waals surface area contributed by atoms with Crippen molar-refractivity contribution >= 4 is 11.9 Å². The number of aryl methyl sites for hydroxylation is 1. The molecule has 0 aliphatic rings. The van der Waals surface area contributed by atoms with Crippen molar-refractivity contribution in [2.75, 3.05) is 13.7 Å². The van der Waals surface area contributed by atoms with Crippen LogP contribution in [-0.2, 0) is 16.1 Å². The summed E-state index contributed by atoms with van der Waals surface area (Å²) < 4.78 is 6.35. The van der Waals surface area contributed by atoms with Crippen LogP contribution in [0.15, 0.2) is 0 Å². The SMILES string of the molecule is CCOC(=O)c1nnn(CCC(=O)NC)c1C. The van der Waals surface area contributed by atoms with Gasteiger partial charge in [0.05, 0.1) is 18.8 Å². The molecule has 17 heavy (non-hydrogen) atoms. The molecule has 1 amide bonds. The number of amides is 1. The van der Waals surface area contributed by atoms with E-state index in [0.717, 1.165) is 0 Å². The topological polar surface area (TPSA) is 86.1 Å². The number of rotatable bonds is 5. The fourth-order valence-electron chi connectivity index (χ4n) is 1.29. The van der Waals surface area contributed by atoms with Gasteiger partial charge < -0.3 is 10.1 Å². The third kappa shape index (κ3) is 3.27. The van der Waals surface area contributed by atoms with Gasteiger partial charge in [0.2, 0.25) is 5.91 Å². The molecular weight excluding hydrogens is 224 g/mol. The lowest BCUT2D eigenvalue weighted by Crippen LogP contribution is -2.20. The average Bonchev–Trinajstić information content (AvgIpc) is 2.68. The molecule has 0 radical (unpaired) electrons. The molecule has 0 aromatic carbocycles. The number of nitrogens with one attached hydrogen (secondary N) is 1. The first-order chi connectivity index (χ1) is 8.10. The Balaban J connectivity index is 2.70. The Bertz CT molecular complexity index is 414. The Morgan fingerprint density at radius 3 is 2.76 bits per heavy atom. The third-order valence-electron chi connectivity index (χ3n) is 2.28. The summed E-state index contributed by atoms with van der Waals surface area (Å²) >= 11 is 0. The molecule has 0 bridgehead atoms. The number of nitrogens with zero attached hydrogens (tertiary/aromatic N) is 3. The summed E-state index contributed by atoms with van der Waals surface area (Å²) in [5.74, 6) is -0.575. The van der Waals surface area contributed by atoms with Crippen molar-refractivity contribution in [2.45, 2.75) is 26.8 Å². The third-order valence-corrected chi connectivity index (χ3v) is 2.28. The fraction of sp³-hybridized carbons (Fsp3) is 0.600. The van der Waals surface area contributed by atoms with Crippen molar-refractivity contribution in [1.82, 2.24) is 20.3 Å². The van der Waals surface area contributed by atoms with Gasteiger partial charge in [-0.05, 0) is 13.8 Å². The maximum atomic E-state index is 11.5. The van der Waals surface area contributed by atoms with Crippen LogP contribution in [0.2, 0.25) is 0 Å². The van der Waals surface area contributed by atoms with E-state index in [1.54, 1.807) is 20.9 Å². The minimum absolute atomic E-state index is 0.0856. The van der Waals surface area contributed by atoms with Crippen molar-refractivity contribution in [3.05, 3.63) is 11.4 Å². The molecule has 0 saturated heterocycles. The Kier molecular flexibility index (Phi) is 4.62. The summed E-state index contributed by atoms with van der Waals surface area (Å²) in [4.78, 5) is 22.5. The van der Waals surface area contributed by atoms with Crippen LogP contribution in [0.1, 0.15) is 29.5 Å². The molecule has 0 unspecified atom stereocenters. The van der Waals surface area contributed by atoms with E-state index in [1.165, 1.54) is 4.68 Å². The zero-order valence-electron chi connectivity index (χ0n) is 10.2. The van der Waals surface area contributed by atoms with Gasteiger partial charge in [0.25, 0.3) is 0 Å². The van der Waals surface area contributed by atoms with Crippen LogP contribution in [-0.4, -0.2) is 40.5 Å². The van der Waals surface area contributed by atoms with Crippen LogP contribution in [0.4, 0.5) is 0 Å². The Morgan fingerprint density at radius 1 is 1.47 bits per heavy atom. The predicted molar refractivity (Wildman–Crippen MR) is 59.4 cm³/mol. The highest BCUT2D eigenvalue weighted by molar-refractivity contribution is 5.88. The van der Waals surface area contributed by atoms with E-state index in [0.29, 0.717) is 25.3 Å². The first kappa shape index (κ1) is 13.1.